The van der Waals surface area contributed by atoms with Gasteiger partial charge in [-0.3, -0.25) is 14.4 Å². The van der Waals surface area contributed by atoms with Gasteiger partial charge in [0.1, 0.15) is 18.1 Å². The van der Waals surface area contributed by atoms with E-state index < -0.39 is 54.0 Å². The maximum Gasteiger partial charge on any atom is 0.326 e. The minimum Gasteiger partial charge on any atom is -0.480 e. The number of carboxylic acids is 1. The molecule has 0 aliphatic carbocycles. The van der Waals surface area contributed by atoms with E-state index in [-0.39, 0.29) is 18.1 Å². The molecule has 0 saturated carbocycles. The molecule has 7 N–H and O–H groups in total. The molecule has 0 heterocycles. The zero-order chi connectivity index (χ0) is 25.1. The van der Waals surface area contributed by atoms with Crippen molar-refractivity contribution >= 4 is 36.3 Å². The molecule has 1 aromatic carbocycles. The van der Waals surface area contributed by atoms with E-state index in [1.807, 2.05) is 6.92 Å². The fourth-order valence-corrected chi connectivity index (χ4v) is 3.17. The summed E-state index contributed by atoms with van der Waals surface area (Å²) in [5, 5.41) is 27.0. The van der Waals surface area contributed by atoms with Crippen LogP contribution in [0, 0.1) is 5.92 Å². The van der Waals surface area contributed by atoms with Gasteiger partial charge in [-0.05, 0) is 18.4 Å². The number of aliphatic carboxylic acids is 1. The number of aliphatic hydroxyl groups is 1. The smallest absolute Gasteiger partial charge is 0.326 e. The lowest BCUT2D eigenvalue weighted by atomic mass is 9.96. The van der Waals surface area contributed by atoms with E-state index in [2.05, 4.69) is 28.6 Å². The van der Waals surface area contributed by atoms with Crippen LogP contribution in [0.4, 0.5) is 0 Å². The summed E-state index contributed by atoms with van der Waals surface area (Å²) in [6.07, 6.45) is -0.700. The number of aliphatic hydroxyl groups excluding tert-OH is 1. The Balaban J connectivity index is 3.00. The maximum absolute atomic E-state index is 13.0. The van der Waals surface area contributed by atoms with E-state index in [1.165, 1.54) is 6.92 Å². The van der Waals surface area contributed by atoms with Crippen LogP contribution in [0.2, 0.25) is 0 Å². The van der Waals surface area contributed by atoms with Crippen molar-refractivity contribution < 1.29 is 29.4 Å². The molecule has 0 bridgehead atoms. The molecule has 0 radical (unpaired) electrons. The van der Waals surface area contributed by atoms with Crippen molar-refractivity contribution in [1.29, 1.82) is 0 Å². The number of carboxylic acid groups (broad SMARTS) is 1. The lowest BCUT2D eigenvalue weighted by Gasteiger charge is -2.29. The highest BCUT2D eigenvalue weighted by atomic mass is 32.1. The van der Waals surface area contributed by atoms with Crippen LogP contribution < -0.4 is 21.7 Å². The molecule has 0 spiro atoms. The van der Waals surface area contributed by atoms with Gasteiger partial charge in [-0.1, -0.05) is 50.6 Å². The van der Waals surface area contributed by atoms with Crippen LogP contribution in [-0.2, 0) is 25.6 Å². The topological polar surface area (TPSA) is 171 Å². The number of nitrogens with two attached hydrogens (primary N) is 1. The summed E-state index contributed by atoms with van der Waals surface area (Å²) in [4.78, 5) is 49.6. The largest absolute Gasteiger partial charge is 0.480 e. The summed E-state index contributed by atoms with van der Waals surface area (Å²) < 4.78 is 0. The van der Waals surface area contributed by atoms with E-state index in [4.69, 9.17) is 5.73 Å². The van der Waals surface area contributed by atoms with Gasteiger partial charge in [-0.2, -0.15) is 12.6 Å². The first-order valence-corrected chi connectivity index (χ1v) is 11.4. The average Bonchev–Trinajstić information content (AvgIpc) is 2.79. The van der Waals surface area contributed by atoms with Gasteiger partial charge in [-0.15, -0.1) is 0 Å². The zero-order valence-corrected chi connectivity index (χ0v) is 19.9. The van der Waals surface area contributed by atoms with Gasteiger partial charge < -0.3 is 31.9 Å². The molecule has 184 valence electrons. The van der Waals surface area contributed by atoms with Crippen molar-refractivity contribution in [3.8, 4) is 0 Å². The Kier molecular flexibility index (Phi) is 11.9. The Morgan fingerprint density at radius 1 is 0.970 bits per heavy atom. The fraction of sp³-hybridized carbons (Fsp3) is 0.545. The third-order valence-electron chi connectivity index (χ3n) is 5.29. The number of benzene rings is 1. The van der Waals surface area contributed by atoms with Crippen LogP contribution >= 0.6 is 12.6 Å². The minimum absolute atomic E-state index is 0.0376. The minimum atomic E-state index is -1.36. The second-order valence-electron chi connectivity index (χ2n) is 7.98. The Hall–Kier alpha value is -2.63. The Labute approximate surface area is 199 Å². The second kappa shape index (κ2) is 13.8. The van der Waals surface area contributed by atoms with Crippen molar-refractivity contribution in [3.05, 3.63) is 35.9 Å². The predicted molar refractivity (Wildman–Crippen MR) is 127 cm³/mol. The van der Waals surface area contributed by atoms with Crippen LogP contribution in [0.5, 0.6) is 0 Å². The SMILES string of the molecule is CCC(C)C(NC(=O)C(NC(=O)C(N)CS)C(C)O)C(=O)NC(Cc1ccccc1)C(=O)O. The van der Waals surface area contributed by atoms with Crippen LogP contribution in [0.1, 0.15) is 32.8 Å². The predicted octanol–water partition coefficient (Wildman–Crippen LogP) is -0.548. The Bertz CT molecular complexity index is 807. The summed E-state index contributed by atoms with van der Waals surface area (Å²) in [5.41, 5.74) is 6.34. The number of carbonyl (C=O) groups is 4. The molecule has 6 atom stereocenters. The third kappa shape index (κ3) is 9.03. The molecule has 33 heavy (non-hydrogen) atoms. The molecule has 0 aromatic heterocycles. The number of amides is 3. The van der Waals surface area contributed by atoms with Crippen LogP contribution in [0.3, 0.4) is 0 Å². The van der Waals surface area contributed by atoms with Gasteiger partial charge in [0.25, 0.3) is 0 Å². The first-order chi connectivity index (χ1) is 15.5. The van der Waals surface area contributed by atoms with Crippen LogP contribution in [0.25, 0.3) is 0 Å². The molecule has 3 amide bonds. The standard InChI is InChI=1S/C22H34N4O6S/c1-4-12(2)17(25-21(30)18(13(3)27)26-19(28)15(23)11-33)20(29)24-16(22(31)32)10-14-8-6-5-7-9-14/h5-9,12-13,15-18,27,33H,4,10-11,23H2,1-3H3,(H,24,29)(H,25,30)(H,26,28)(H,31,32). The van der Waals surface area contributed by atoms with E-state index in [0.717, 1.165) is 5.56 Å². The van der Waals surface area contributed by atoms with Gasteiger partial charge in [-0.25, -0.2) is 4.79 Å². The number of hydrogen-bond acceptors (Lipinski definition) is 7. The number of hydrogen-bond donors (Lipinski definition) is 7. The Morgan fingerprint density at radius 3 is 2.00 bits per heavy atom. The molecule has 6 unspecified atom stereocenters. The molecule has 0 fully saturated rings. The first-order valence-electron chi connectivity index (χ1n) is 10.7. The summed E-state index contributed by atoms with van der Waals surface area (Å²) in [6.45, 7) is 4.86. The average molecular weight is 483 g/mol. The lowest BCUT2D eigenvalue weighted by molar-refractivity contribution is -0.142. The lowest BCUT2D eigenvalue weighted by Crippen LogP contribution is -2.61. The molecule has 0 aliphatic rings. The monoisotopic (exact) mass is 482 g/mol. The van der Waals surface area contributed by atoms with Gasteiger partial charge in [0.15, 0.2) is 0 Å². The van der Waals surface area contributed by atoms with Crippen molar-refractivity contribution in [3.63, 3.8) is 0 Å². The highest BCUT2D eigenvalue weighted by Gasteiger charge is 2.34. The van der Waals surface area contributed by atoms with Crippen molar-refractivity contribution in [2.45, 2.75) is 63.9 Å². The quantitative estimate of drug-likeness (QED) is 0.185. The summed E-state index contributed by atoms with van der Waals surface area (Å²) in [5.74, 6) is -3.68. The molecule has 1 aromatic rings. The molecule has 11 heteroatoms. The van der Waals surface area contributed by atoms with E-state index >= 15 is 0 Å². The zero-order valence-electron chi connectivity index (χ0n) is 19.0. The van der Waals surface area contributed by atoms with Gasteiger partial charge in [0.2, 0.25) is 17.7 Å². The first kappa shape index (κ1) is 28.4. The summed E-state index contributed by atoms with van der Waals surface area (Å²) >= 11 is 3.94. The maximum atomic E-state index is 13.0. The van der Waals surface area contributed by atoms with Gasteiger partial charge in [0, 0.05) is 12.2 Å². The number of thiol groups is 1. The number of carbonyl (C=O) groups excluding carboxylic acids is 3. The highest BCUT2D eigenvalue weighted by Crippen LogP contribution is 2.11. The van der Waals surface area contributed by atoms with Crippen LogP contribution in [-0.4, -0.2) is 69.9 Å². The molecular formula is C22H34N4O6S. The highest BCUT2D eigenvalue weighted by molar-refractivity contribution is 7.80. The molecule has 1 rings (SSSR count). The molecule has 0 aliphatic heterocycles. The number of rotatable bonds is 13. The van der Waals surface area contributed by atoms with Crippen molar-refractivity contribution in [2.75, 3.05) is 5.75 Å². The van der Waals surface area contributed by atoms with Crippen molar-refractivity contribution in [2.24, 2.45) is 11.7 Å². The molecule has 0 saturated heterocycles. The molecular weight excluding hydrogens is 448 g/mol. The normalized spacial score (nSPS) is 16.4. The van der Waals surface area contributed by atoms with Gasteiger partial charge in [0.05, 0.1) is 12.1 Å². The van der Waals surface area contributed by atoms with E-state index in [1.54, 1.807) is 37.3 Å². The van der Waals surface area contributed by atoms with Crippen molar-refractivity contribution in [1.82, 2.24) is 16.0 Å². The number of nitrogens with one attached hydrogen (secondary N) is 3. The Morgan fingerprint density at radius 2 is 1.52 bits per heavy atom. The van der Waals surface area contributed by atoms with Gasteiger partial charge >= 0.3 is 5.97 Å². The van der Waals surface area contributed by atoms with Crippen LogP contribution in [0.15, 0.2) is 30.3 Å². The molecule has 10 nitrogen and oxygen atoms in total. The van der Waals surface area contributed by atoms with E-state index in [0.29, 0.717) is 6.42 Å². The van der Waals surface area contributed by atoms with E-state index in [9.17, 15) is 29.4 Å². The summed E-state index contributed by atoms with van der Waals surface area (Å²) in [6, 6.07) is 4.20. The summed E-state index contributed by atoms with van der Waals surface area (Å²) in [7, 11) is 0. The third-order valence-corrected chi connectivity index (χ3v) is 5.68. The second-order valence-corrected chi connectivity index (χ2v) is 8.34. The fourth-order valence-electron chi connectivity index (χ4n) is 3.00.